The van der Waals surface area contributed by atoms with Crippen LogP contribution in [-0.2, 0) is 15.7 Å². The molecule has 1 rings (SSSR count). The molecule has 0 radical (unpaired) electrons. The molecule has 1 unspecified atom stereocenters. The lowest BCUT2D eigenvalue weighted by Gasteiger charge is -2.14. The summed E-state index contributed by atoms with van der Waals surface area (Å²) in [6, 6.07) is 1.83. The number of rotatable bonds is 7. The Labute approximate surface area is 127 Å². The molecule has 1 heterocycles. The standard InChI is InChI=1S/C14H20F3N3O2/c1-9(2)8-10(3)22-7-6-13(21)18-12-5-4-11(19-20-12)14(15,16)17/h4-5,9-10H,6-8H2,1-3H3,(H,18,20,21). The lowest BCUT2D eigenvalue weighted by Crippen LogP contribution is -2.19. The normalized spacial score (nSPS) is 13.2. The molecule has 0 bridgehead atoms. The highest BCUT2D eigenvalue weighted by molar-refractivity contribution is 5.89. The number of carbonyl (C=O) groups is 1. The van der Waals surface area contributed by atoms with Crippen LogP contribution < -0.4 is 5.32 Å². The summed E-state index contributed by atoms with van der Waals surface area (Å²) in [5.74, 6) is 0.102. The lowest BCUT2D eigenvalue weighted by molar-refractivity contribution is -0.141. The zero-order valence-electron chi connectivity index (χ0n) is 12.8. The Balaban J connectivity index is 2.36. The van der Waals surface area contributed by atoms with E-state index < -0.39 is 11.9 Å². The quantitative estimate of drug-likeness (QED) is 0.838. The van der Waals surface area contributed by atoms with Crippen molar-refractivity contribution in [1.29, 1.82) is 0 Å². The maximum atomic E-state index is 12.3. The molecule has 1 N–H and O–H groups in total. The largest absolute Gasteiger partial charge is 0.435 e. The molecule has 124 valence electrons. The number of halogens is 3. The Morgan fingerprint density at radius 1 is 1.27 bits per heavy atom. The van der Waals surface area contributed by atoms with Crippen LogP contribution in [0.15, 0.2) is 12.1 Å². The second-order valence-electron chi connectivity index (χ2n) is 5.41. The molecule has 1 aromatic rings. The van der Waals surface area contributed by atoms with E-state index in [1.54, 1.807) is 0 Å². The van der Waals surface area contributed by atoms with Gasteiger partial charge in [0.15, 0.2) is 11.5 Å². The van der Waals surface area contributed by atoms with Gasteiger partial charge in [-0.25, -0.2) is 0 Å². The van der Waals surface area contributed by atoms with Crippen molar-refractivity contribution < 1.29 is 22.7 Å². The average Bonchev–Trinajstić information content (AvgIpc) is 2.37. The van der Waals surface area contributed by atoms with E-state index in [2.05, 4.69) is 29.4 Å². The number of ether oxygens (including phenoxy) is 1. The first kappa shape index (κ1) is 18.3. The number of anilines is 1. The summed E-state index contributed by atoms with van der Waals surface area (Å²) in [4.78, 5) is 11.6. The molecule has 0 aromatic carbocycles. The van der Waals surface area contributed by atoms with E-state index in [0.29, 0.717) is 5.92 Å². The van der Waals surface area contributed by atoms with Gasteiger partial charge in [0.2, 0.25) is 5.91 Å². The zero-order chi connectivity index (χ0) is 16.8. The number of nitrogens with one attached hydrogen (secondary N) is 1. The van der Waals surface area contributed by atoms with Crippen LogP contribution in [-0.4, -0.2) is 28.8 Å². The third kappa shape index (κ3) is 6.84. The predicted octanol–water partition coefficient (Wildman–Crippen LogP) is 3.28. The Kier molecular flexibility index (Phi) is 6.73. The number of carbonyl (C=O) groups excluding carboxylic acids is 1. The van der Waals surface area contributed by atoms with Crippen molar-refractivity contribution in [2.75, 3.05) is 11.9 Å². The Morgan fingerprint density at radius 2 is 1.95 bits per heavy atom. The van der Waals surface area contributed by atoms with Crippen molar-refractivity contribution in [2.45, 2.75) is 45.9 Å². The van der Waals surface area contributed by atoms with Gasteiger partial charge in [0.05, 0.1) is 19.1 Å². The van der Waals surface area contributed by atoms with Gasteiger partial charge < -0.3 is 10.1 Å². The molecular formula is C14H20F3N3O2. The molecule has 22 heavy (non-hydrogen) atoms. The zero-order valence-corrected chi connectivity index (χ0v) is 12.8. The Morgan fingerprint density at radius 3 is 2.45 bits per heavy atom. The topological polar surface area (TPSA) is 64.1 Å². The van der Waals surface area contributed by atoms with Crippen LogP contribution in [0.3, 0.4) is 0 Å². The maximum Gasteiger partial charge on any atom is 0.435 e. The summed E-state index contributed by atoms with van der Waals surface area (Å²) in [5, 5.41) is 8.72. The van der Waals surface area contributed by atoms with Crippen molar-refractivity contribution >= 4 is 11.7 Å². The van der Waals surface area contributed by atoms with Gasteiger partial charge in [-0.3, -0.25) is 4.79 Å². The average molecular weight is 319 g/mol. The van der Waals surface area contributed by atoms with Crippen LogP contribution >= 0.6 is 0 Å². The Hall–Kier alpha value is -1.70. The van der Waals surface area contributed by atoms with E-state index in [1.165, 1.54) is 0 Å². The molecule has 0 saturated heterocycles. The smallest absolute Gasteiger partial charge is 0.378 e. The first-order valence-electron chi connectivity index (χ1n) is 7.01. The number of alkyl halides is 3. The molecule has 0 aliphatic heterocycles. The van der Waals surface area contributed by atoms with Crippen LogP contribution in [0.4, 0.5) is 19.0 Å². The van der Waals surface area contributed by atoms with E-state index in [4.69, 9.17) is 4.74 Å². The van der Waals surface area contributed by atoms with Crippen LogP contribution in [0.25, 0.3) is 0 Å². The molecule has 0 fully saturated rings. The minimum absolute atomic E-state index is 0.0202. The highest BCUT2D eigenvalue weighted by Gasteiger charge is 2.32. The molecule has 1 atom stereocenters. The summed E-state index contributed by atoms with van der Waals surface area (Å²) in [6.07, 6.45) is -3.49. The minimum Gasteiger partial charge on any atom is -0.378 e. The lowest BCUT2D eigenvalue weighted by atomic mass is 10.1. The Bertz CT molecular complexity index is 475. The van der Waals surface area contributed by atoms with Crippen LogP contribution in [0.2, 0.25) is 0 Å². The van der Waals surface area contributed by atoms with Gasteiger partial charge in [-0.1, -0.05) is 13.8 Å². The van der Waals surface area contributed by atoms with Crippen LogP contribution in [0.1, 0.15) is 39.3 Å². The number of hydrogen-bond acceptors (Lipinski definition) is 4. The van der Waals surface area contributed by atoms with Gasteiger partial charge in [0.25, 0.3) is 0 Å². The summed E-state index contributed by atoms with van der Waals surface area (Å²) in [6.45, 7) is 6.33. The monoisotopic (exact) mass is 319 g/mol. The fourth-order valence-corrected chi connectivity index (χ4v) is 1.84. The third-order valence-electron chi connectivity index (χ3n) is 2.76. The van der Waals surface area contributed by atoms with E-state index in [1.807, 2.05) is 6.92 Å². The summed E-state index contributed by atoms with van der Waals surface area (Å²) < 4.78 is 42.4. The maximum absolute atomic E-state index is 12.3. The van der Waals surface area contributed by atoms with Crippen molar-refractivity contribution in [3.63, 3.8) is 0 Å². The molecule has 0 aliphatic rings. The summed E-state index contributed by atoms with van der Waals surface area (Å²) >= 11 is 0. The van der Waals surface area contributed by atoms with Crippen molar-refractivity contribution in [1.82, 2.24) is 10.2 Å². The molecule has 0 saturated carbocycles. The molecule has 8 heteroatoms. The number of hydrogen-bond donors (Lipinski definition) is 1. The van der Waals surface area contributed by atoms with Crippen molar-refractivity contribution in [3.8, 4) is 0 Å². The molecule has 1 aromatic heterocycles. The number of amides is 1. The second-order valence-corrected chi connectivity index (χ2v) is 5.41. The van der Waals surface area contributed by atoms with Crippen LogP contribution in [0, 0.1) is 5.92 Å². The third-order valence-corrected chi connectivity index (χ3v) is 2.76. The number of nitrogens with zero attached hydrogens (tertiary/aromatic N) is 2. The van der Waals surface area contributed by atoms with Gasteiger partial charge in [-0.2, -0.15) is 13.2 Å². The molecular weight excluding hydrogens is 299 g/mol. The second kappa shape index (κ2) is 8.07. The summed E-state index contributed by atoms with van der Waals surface area (Å²) in [7, 11) is 0. The van der Waals surface area contributed by atoms with Gasteiger partial charge in [0, 0.05) is 0 Å². The van der Waals surface area contributed by atoms with Gasteiger partial charge in [-0.15, -0.1) is 10.2 Å². The van der Waals surface area contributed by atoms with Crippen molar-refractivity contribution in [3.05, 3.63) is 17.8 Å². The van der Waals surface area contributed by atoms with Gasteiger partial charge >= 0.3 is 6.18 Å². The first-order valence-corrected chi connectivity index (χ1v) is 7.01. The highest BCUT2D eigenvalue weighted by Crippen LogP contribution is 2.27. The van der Waals surface area contributed by atoms with Gasteiger partial charge in [-0.05, 0) is 31.4 Å². The molecule has 1 amide bonds. The highest BCUT2D eigenvalue weighted by atomic mass is 19.4. The van der Waals surface area contributed by atoms with Crippen molar-refractivity contribution in [2.24, 2.45) is 5.92 Å². The summed E-state index contributed by atoms with van der Waals surface area (Å²) in [5.41, 5.74) is -1.10. The van der Waals surface area contributed by atoms with E-state index in [0.717, 1.165) is 18.6 Å². The first-order chi connectivity index (χ1) is 10.2. The SMILES string of the molecule is CC(C)CC(C)OCCC(=O)Nc1ccc(C(F)(F)F)nn1. The van der Waals surface area contributed by atoms with E-state index in [9.17, 15) is 18.0 Å². The van der Waals surface area contributed by atoms with Crippen LogP contribution in [0.5, 0.6) is 0 Å². The van der Waals surface area contributed by atoms with Gasteiger partial charge in [0.1, 0.15) is 0 Å². The predicted molar refractivity (Wildman–Crippen MR) is 75.1 cm³/mol. The fourth-order valence-electron chi connectivity index (χ4n) is 1.84. The van der Waals surface area contributed by atoms with E-state index >= 15 is 0 Å². The number of aromatic nitrogens is 2. The van der Waals surface area contributed by atoms with E-state index in [-0.39, 0.29) is 30.9 Å². The molecule has 0 spiro atoms. The molecule has 5 nitrogen and oxygen atoms in total. The molecule has 0 aliphatic carbocycles. The fraction of sp³-hybridized carbons (Fsp3) is 0.643. The minimum atomic E-state index is -4.55.